The highest BCUT2D eigenvalue weighted by molar-refractivity contribution is 5.87. The molecule has 1 unspecified atom stereocenters. The highest BCUT2D eigenvalue weighted by Gasteiger charge is 2.30. The van der Waals surface area contributed by atoms with E-state index >= 15 is 0 Å². The van der Waals surface area contributed by atoms with E-state index in [1.807, 2.05) is 50.4 Å². The number of carbonyl (C=O) groups is 2. The van der Waals surface area contributed by atoms with E-state index in [0.717, 1.165) is 16.7 Å². The van der Waals surface area contributed by atoms with Gasteiger partial charge in [-0.2, -0.15) is 0 Å². The van der Waals surface area contributed by atoms with Crippen LogP contribution in [0.3, 0.4) is 0 Å². The summed E-state index contributed by atoms with van der Waals surface area (Å²) in [6, 6.07) is 11.0. The van der Waals surface area contributed by atoms with Crippen molar-refractivity contribution in [1.82, 2.24) is 14.8 Å². The van der Waals surface area contributed by atoms with Crippen molar-refractivity contribution in [2.24, 2.45) is 5.92 Å². The molecule has 0 saturated carbocycles. The number of rotatable bonds is 5. The molecule has 0 bridgehead atoms. The zero-order chi connectivity index (χ0) is 20.3. The number of amides is 2. The van der Waals surface area contributed by atoms with Crippen molar-refractivity contribution in [1.29, 1.82) is 0 Å². The summed E-state index contributed by atoms with van der Waals surface area (Å²) in [4.78, 5) is 38.7. The average Bonchev–Trinajstić information content (AvgIpc) is 2.66. The van der Waals surface area contributed by atoms with Gasteiger partial charge in [-0.15, -0.1) is 0 Å². The number of nitrogens with one attached hydrogen (secondary N) is 1. The molecule has 0 radical (unpaired) electrons. The number of hydrogen-bond donors (Lipinski definition) is 1. The molecular weight excluding hydrogens is 354 g/mol. The molecule has 1 atom stereocenters. The van der Waals surface area contributed by atoms with E-state index in [9.17, 15) is 14.4 Å². The molecule has 148 valence electrons. The largest absolute Gasteiger partial charge is 0.344 e. The molecule has 1 N–H and O–H groups in total. The summed E-state index contributed by atoms with van der Waals surface area (Å²) in [6.07, 6.45) is 2.51. The molecule has 2 amide bonds. The summed E-state index contributed by atoms with van der Waals surface area (Å²) in [7, 11) is 0. The Morgan fingerprint density at radius 2 is 1.86 bits per heavy atom. The molecule has 0 fully saturated rings. The molecule has 6 nitrogen and oxygen atoms in total. The highest BCUT2D eigenvalue weighted by atomic mass is 16.2. The van der Waals surface area contributed by atoms with Crippen LogP contribution in [0.15, 0.2) is 47.4 Å². The van der Waals surface area contributed by atoms with Crippen LogP contribution in [0.5, 0.6) is 0 Å². The Balaban J connectivity index is 1.81. The van der Waals surface area contributed by atoms with E-state index in [2.05, 4.69) is 5.32 Å². The molecule has 0 spiro atoms. The van der Waals surface area contributed by atoms with Crippen molar-refractivity contribution in [3.8, 4) is 0 Å². The number of nitrogens with zero attached hydrogens (tertiary/aromatic N) is 2. The lowest BCUT2D eigenvalue weighted by Gasteiger charge is -2.33. The van der Waals surface area contributed by atoms with Gasteiger partial charge in [0, 0.05) is 32.3 Å². The van der Waals surface area contributed by atoms with Gasteiger partial charge < -0.3 is 14.8 Å². The molecule has 0 saturated heterocycles. The Hall–Kier alpha value is -2.89. The van der Waals surface area contributed by atoms with Gasteiger partial charge in [-0.25, -0.2) is 0 Å². The van der Waals surface area contributed by atoms with E-state index in [0.29, 0.717) is 26.1 Å². The Kier molecular flexibility index (Phi) is 5.97. The zero-order valence-corrected chi connectivity index (χ0v) is 16.6. The summed E-state index contributed by atoms with van der Waals surface area (Å²) in [5.41, 5.74) is 3.01. The topological polar surface area (TPSA) is 71.4 Å². The van der Waals surface area contributed by atoms with Crippen molar-refractivity contribution in [2.75, 3.05) is 6.54 Å². The zero-order valence-electron chi connectivity index (χ0n) is 16.6. The Labute approximate surface area is 165 Å². The normalized spacial score (nSPS) is 14.5. The van der Waals surface area contributed by atoms with Crippen LogP contribution in [-0.4, -0.2) is 33.9 Å². The number of aromatic nitrogens is 1. The molecule has 1 aliphatic heterocycles. The van der Waals surface area contributed by atoms with Crippen molar-refractivity contribution in [3.63, 3.8) is 0 Å². The maximum Gasteiger partial charge on any atom is 0.251 e. The van der Waals surface area contributed by atoms with Gasteiger partial charge in [0.2, 0.25) is 11.8 Å². The molecule has 1 aliphatic rings. The van der Waals surface area contributed by atoms with Gasteiger partial charge in [0.15, 0.2) is 0 Å². The van der Waals surface area contributed by atoms with Gasteiger partial charge in [0.25, 0.3) is 5.56 Å². The van der Waals surface area contributed by atoms with E-state index < -0.39 is 6.04 Å². The molecule has 6 heteroatoms. The minimum absolute atomic E-state index is 0.00447. The maximum atomic E-state index is 13.0. The Morgan fingerprint density at radius 1 is 1.14 bits per heavy atom. The second-order valence-corrected chi connectivity index (χ2v) is 7.71. The number of carbonyl (C=O) groups excluding carboxylic acids is 2. The van der Waals surface area contributed by atoms with Crippen molar-refractivity contribution in [2.45, 2.75) is 46.3 Å². The van der Waals surface area contributed by atoms with E-state index in [1.54, 1.807) is 15.5 Å². The molecule has 1 aromatic heterocycles. The van der Waals surface area contributed by atoms with Crippen LogP contribution in [0.2, 0.25) is 0 Å². The van der Waals surface area contributed by atoms with Gasteiger partial charge in [-0.3, -0.25) is 14.4 Å². The first-order chi connectivity index (χ1) is 13.3. The monoisotopic (exact) mass is 381 g/mol. The molecular formula is C22H27N3O3. The van der Waals surface area contributed by atoms with Crippen molar-refractivity contribution < 1.29 is 9.59 Å². The fourth-order valence-corrected chi connectivity index (χ4v) is 3.60. The lowest BCUT2D eigenvalue weighted by Crippen LogP contribution is -2.52. The number of pyridine rings is 1. The quantitative estimate of drug-likeness (QED) is 0.860. The predicted molar refractivity (Wildman–Crippen MR) is 108 cm³/mol. The first-order valence-corrected chi connectivity index (χ1v) is 9.67. The minimum Gasteiger partial charge on any atom is -0.344 e. The van der Waals surface area contributed by atoms with Crippen LogP contribution >= 0.6 is 0 Å². The van der Waals surface area contributed by atoms with Crippen LogP contribution in [-0.2, 0) is 29.1 Å². The summed E-state index contributed by atoms with van der Waals surface area (Å²) in [5, 5.41) is 2.77. The second kappa shape index (κ2) is 8.42. The van der Waals surface area contributed by atoms with Gasteiger partial charge in [0.05, 0.1) is 6.54 Å². The fraction of sp³-hybridized carbons (Fsp3) is 0.409. The summed E-state index contributed by atoms with van der Waals surface area (Å²) < 4.78 is 1.69. The summed E-state index contributed by atoms with van der Waals surface area (Å²) >= 11 is 0. The van der Waals surface area contributed by atoms with Crippen LogP contribution in [0.25, 0.3) is 0 Å². The predicted octanol–water partition coefficient (Wildman–Crippen LogP) is 1.94. The first-order valence-electron chi connectivity index (χ1n) is 9.67. The average molecular weight is 381 g/mol. The van der Waals surface area contributed by atoms with Gasteiger partial charge in [0.1, 0.15) is 6.04 Å². The number of benzene rings is 1. The molecule has 0 aliphatic carbocycles. The SMILES string of the molecule is CC(=O)NC(C(=O)N1CCc2cc(=O)n(Cc3ccccc3)cc2C1)C(C)C. The standard InChI is InChI=1S/C22H27N3O3/c1-15(2)21(23-16(3)26)22(28)24-10-9-18-11-20(27)25(14-19(18)13-24)12-17-7-5-4-6-8-17/h4-8,11,14-15,21H,9-10,12-13H2,1-3H3,(H,23,26). The van der Waals surface area contributed by atoms with E-state index in [1.165, 1.54) is 6.92 Å². The van der Waals surface area contributed by atoms with Crippen molar-refractivity contribution >= 4 is 11.8 Å². The Morgan fingerprint density at radius 3 is 2.50 bits per heavy atom. The van der Waals surface area contributed by atoms with Crippen LogP contribution in [0.4, 0.5) is 0 Å². The lowest BCUT2D eigenvalue weighted by molar-refractivity contribution is -0.138. The van der Waals surface area contributed by atoms with Gasteiger partial charge >= 0.3 is 0 Å². The van der Waals surface area contributed by atoms with E-state index in [4.69, 9.17) is 0 Å². The lowest BCUT2D eigenvalue weighted by atomic mass is 9.98. The van der Waals surface area contributed by atoms with Gasteiger partial charge in [-0.1, -0.05) is 44.2 Å². The third kappa shape index (κ3) is 4.50. The molecule has 28 heavy (non-hydrogen) atoms. The summed E-state index contributed by atoms with van der Waals surface area (Å²) in [5.74, 6) is -0.275. The first kappa shape index (κ1) is 19.9. The van der Waals surface area contributed by atoms with Crippen LogP contribution in [0.1, 0.15) is 37.5 Å². The summed E-state index contributed by atoms with van der Waals surface area (Å²) in [6.45, 7) is 6.78. The van der Waals surface area contributed by atoms with Crippen LogP contribution < -0.4 is 10.9 Å². The van der Waals surface area contributed by atoms with Gasteiger partial charge in [-0.05, 0) is 29.0 Å². The Bertz CT molecular complexity index is 918. The molecule has 3 rings (SSSR count). The molecule has 2 aromatic rings. The minimum atomic E-state index is -0.533. The van der Waals surface area contributed by atoms with Crippen LogP contribution in [0, 0.1) is 5.92 Å². The smallest absolute Gasteiger partial charge is 0.251 e. The second-order valence-electron chi connectivity index (χ2n) is 7.71. The number of hydrogen-bond acceptors (Lipinski definition) is 3. The third-order valence-electron chi connectivity index (χ3n) is 5.12. The fourth-order valence-electron chi connectivity index (χ4n) is 3.60. The number of fused-ring (bicyclic) bond motifs is 1. The van der Waals surface area contributed by atoms with Crippen molar-refractivity contribution in [3.05, 3.63) is 69.6 Å². The highest BCUT2D eigenvalue weighted by Crippen LogP contribution is 2.19. The van der Waals surface area contributed by atoms with E-state index in [-0.39, 0.29) is 23.3 Å². The molecule has 2 heterocycles. The molecule has 1 aromatic carbocycles. The third-order valence-corrected chi connectivity index (χ3v) is 5.12. The maximum absolute atomic E-state index is 13.0.